The zero-order valence-corrected chi connectivity index (χ0v) is 61.8. The first-order valence-corrected chi connectivity index (χ1v) is 40.1. The molecule has 0 rings (SSSR count). The number of phosphoric ester groups is 2. The summed E-state index contributed by atoms with van der Waals surface area (Å²) in [6.45, 7) is 4.52. The molecule has 5 unspecified atom stereocenters. The molecule has 5 atom stereocenters. The van der Waals surface area contributed by atoms with Crippen molar-refractivity contribution in [3.05, 3.63) is 109 Å². The largest absolute Gasteiger partial charge is 0.472 e. The highest BCUT2D eigenvalue weighted by molar-refractivity contribution is 7.47. The Bertz CT molecular complexity index is 2250. The molecule has 0 bridgehead atoms. The standard InChI is InChI=1S/C77H132O17P2/c1-5-9-13-17-21-25-29-33-35-39-41-45-49-53-57-61-74(79)87-67-72(93-76(81)63-59-55-51-47-43-37-31-27-23-19-15-11-7-3)69-91-95(83,84)89-65-71(78)66-90-96(85,86)92-70-73(94-77(82)64-60-56-52-48-44-38-32-28-24-20-16-12-8-4)68-88-75(80)62-58-54-50-46-42-40-36-34-30-26-22-18-14-10-6-2/h9,13,16,20-22,25-26,28,32-36,41,45,53,57,71-73,78H,5-8,10-12,14-15,17-19,23-24,27,29-31,37-40,42-44,46-52,54-56,58-70H2,1-4H3,(H,83,84)(H,85,86)/b13-9-,20-16-,25-21-,26-22-,32-28-,35-33-,36-34-,45-41-,57-53-. The van der Waals surface area contributed by atoms with Gasteiger partial charge in [0.15, 0.2) is 12.2 Å². The number of hydrogen-bond acceptors (Lipinski definition) is 15. The summed E-state index contributed by atoms with van der Waals surface area (Å²) in [5.41, 5.74) is 0. The van der Waals surface area contributed by atoms with Crippen molar-refractivity contribution in [1.29, 1.82) is 0 Å². The van der Waals surface area contributed by atoms with Gasteiger partial charge in [0, 0.05) is 19.3 Å². The van der Waals surface area contributed by atoms with E-state index in [1.165, 1.54) is 70.6 Å². The van der Waals surface area contributed by atoms with Gasteiger partial charge in [-0.3, -0.25) is 37.3 Å². The molecule has 0 saturated carbocycles. The number of ether oxygens (including phenoxy) is 4. The number of phosphoric acid groups is 2. The Labute approximate surface area is 581 Å². The molecule has 0 spiro atoms. The Morgan fingerprint density at radius 1 is 0.312 bits per heavy atom. The van der Waals surface area contributed by atoms with Gasteiger partial charge < -0.3 is 33.8 Å². The molecule has 0 aliphatic carbocycles. The maximum Gasteiger partial charge on any atom is 0.472 e. The van der Waals surface area contributed by atoms with Crippen LogP contribution in [-0.2, 0) is 65.4 Å². The highest BCUT2D eigenvalue weighted by Gasteiger charge is 2.30. The van der Waals surface area contributed by atoms with Crippen LogP contribution in [0.5, 0.6) is 0 Å². The first-order valence-electron chi connectivity index (χ1n) is 37.1. The van der Waals surface area contributed by atoms with Crippen molar-refractivity contribution in [3.63, 3.8) is 0 Å². The average molecular weight is 1390 g/mol. The molecule has 0 heterocycles. The predicted molar refractivity (Wildman–Crippen MR) is 390 cm³/mol. The lowest BCUT2D eigenvalue weighted by Gasteiger charge is -2.21. The molecule has 3 N–H and O–H groups in total. The van der Waals surface area contributed by atoms with Crippen LogP contribution in [0, 0.1) is 0 Å². The maximum atomic E-state index is 13.0. The fourth-order valence-electron chi connectivity index (χ4n) is 9.60. The van der Waals surface area contributed by atoms with Crippen molar-refractivity contribution >= 4 is 39.5 Å². The maximum absolute atomic E-state index is 13.0. The van der Waals surface area contributed by atoms with E-state index >= 15 is 0 Å². The zero-order valence-electron chi connectivity index (χ0n) is 60.0. The summed E-state index contributed by atoms with van der Waals surface area (Å²) in [6.07, 6.45) is 72.6. The number of hydrogen-bond donors (Lipinski definition) is 3. The van der Waals surface area contributed by atoms with E-state index in [1.54, 1.807) is 6.08 Å². The molecule has 0 radical (unpaired) electrons. The van der Waals surface area contributed by atoms with Crippen LogP contribution in [0.1, 0.15) is 297 Å². The number of unbranched alkanes of at least 4 members (excludes halogenated alkanes) is 26. The minimum atomic E-state index is -4.99. The molecule has 0 aromatic heterocycles. The predicted octanol–water partition coefficient (Wildman–Crippen LogP) is 21.0. The molecular weight excluding hydrogens is 1260 g/mol. The lowest BCUT2D eigenvalue weighted by atomic mass is 10.0. The quantitative estimate of drug-likeness (QED) is 0.0169. The Balaban J connectivity index is 5.41. The second-order valence-corrected chi connectivity index (χ2v) is 27.4. The van der Waals surface area contributed by atoms with Crippen molar-refractivity contribution in [1.82, 2.24) is 0 Å². The third-order valence-electron chi connectivity index (χ3n) is 15.2. The molecule has 0 aromatic carbocycles. The number of aliphatic hydroxyl groups excluding tert-OH is 1. The second-order valence-electron chi connectivity index (χ2n) is 24.5. The van der Waals surface area contributed by atoms with Crippen molar-refractivity contribution < 1.29 is 80.2 Å². The van der Waals surface area contributed by atoms with Gasteiger partial charge in [-0.05, 0) is 109 Å². The van der Waals surface area contributed by atoms with Crippen LogP contribution in [0.2, 0.25) is 0 Å². The smallest absolute Gasteiger partial charge is 0.462 e. The summed E-state index contributed by atoms with van der Waals surface area (Å²) >= 11 is 0. The van der Waals surface area contributed by atoms with Gasteiger partial charge in [-0.25, -0.2) is 9.13 Å². The third kappa shape index (κ3) is 68.3. The molecule has 552 valence electrons. The van der Waals surface area contributed by atoms with Crippen LogP contribution in [0.15, 0.2) is 109 Å². The molecule has 0 aliphatic rings. The van der Waals surface area contributed by atoms with Gasteiger partial charge in [-0.15, -0.1) is 0 Å². The fourth-order valence-corrected chi connectivity index (χ4v) is 11.2. The van der Waals surface area contributed by atoms with Crippen LogP contribution in [0.25, 0.3) is 0 Å². The number of aliphatic hydroxyl groups is 1. The lowest BCUT2D eigenvalue weighted by molar-refractivity contribution is -0.161. The van der Waals surface area contributed by atoms with Crippen LogP contribution in [0.3, 0.4) is 0 Å². The molecular formula is C77H132O17P2. The van der Waals surface area contributed by atoms with Gasteiger partial charge in [0.1, 0.15) is 19.3 Å². The highest BCUT2D eigenvalue weighted by Crippen LogP contribution is 2.45. The molecule has 0 aliphatic heterocycles. The molecule has 96 heavy (non-hydrogen) atoms. The Morgan fingerprint density at radius 3 is 0.990 bits per heavy atom. The Kier molecular flexibility index (Phi) is 66.1. The normalized spacial score (nSPS) is 14.6. The average Bonchev–Trinajstić information content (AvgIpc) is 1.14. The van der Waals surface area contributed by atoms with Gasteiger partial charge in [0.05, 0.1) is 32.8 Å². The van der Waals surface area contributed by atoms with E-state index in [0.29, 0.717) is 25.7 Å². The lowest BCUT2D eigenvalue weighted by Crippen LogP contribution is -2.30. The number of allylic oxidation sites excluding steroid dienone is 17. The van der Waals surface area contributed by atoms with Crippen molar-refractivity contribution in [3.8, 4) is 0 Å². The topological polar surface area (TPSA) is 237 Å². The SMILES string of the molecule is CC/C=C\C/C=C\C/C=C\C/C=C\C/C=C\CC(=O)OCC(COP(=O)(O)OCC(O)COP(=O)(O)OCC(COC(=O)CCCCCCC/C=C\C/C=C\CCCCC)OC(=O)CCCCCCC/C=C\C/C=C\CCC)OC(=O)CCCCCCCCCCCCCCC. The van der Waals surface area contributed by atoms with Crippen LogP contribution in [0.4, 0.5) is 0 Å². The molecule has 19 heteroatoms. The minimum Gasteiger partial charge on any atom is -0.462 e. The highest BCUT2D eigenvalue weighted by atomic mass is 31.2. The zero-order chi connectivity index (χ0) is 70.4. The number of esters is 4. The van der Waals surface area contributed by atoms with Gasteiger partial charge >= 0.3 is 39.5 Å². The van der Waals surface area contributed by atoms with E-state index in [1.807, 2.05) is 18.2 Å². The fraction of sp³-hybridized carbons (Fsp3) is 0.714. The number of rotatable bonds is 69. The van der Waals surface area contributed by atoms with Gasteiger partial charge in [-0.2, -0.15) is 0 Å². The van der Waals surface area contributed by atoms with Crippen molar-refractivity contribution in [2.75, 3.05) is 39.6 Å². The van der Waals surface area contributed by atoms with E-state index in [4.69, 9.17) is 37.0 Å². The van der Waals surface area contributed by atoms with Gasteiger partial charge in [0.2, 0.25) is 0 Å². The first kappa shape index (κ1) is 91.7. The van der Waals surface area contributed by atoms with Crippen LogP contribution >= 0.6 is 15.6 Å². The summed E-state index contributed by atoms with van der Waals surface area (Å²) in [5, 5.41) is 10.6. The van der Waals surface area contributed by atoms with Crippen LogP contribution < -0.4 is 0 Å². The van der Waals surface area contributed by atoms with Crippen molar-refractivity contribution in [2.45, 2.75) is 316 Å². The third-order valence-corrected chi connectivity index (χ3v) is 17.1. The minimum absolute atomic E-state index is 0.0701. The summed E-state index contributed by atoms with van der Waals surface area (Å²) in [4.78, 5) is 72.7. The number of carbonyl (C=O) groups is 4. The van der Waals surface area contributed by atoms with E-state index in [0.717, 1.165) is 148 Å². The van der Waals surface area contributed by atoms with Gasteiger partial charge in [-0.1, -0.05) is 272 Å². The van der Waals surface area contributed by atoms with Crippen molar-refractivity contribution in [2.24, 2.45) is 0 Å². The Hall–Kier alpha value is -4.28. The van der Waals surface area contributed by atoms with E-state index in [9.17, 15) is 43.2 Å². The summed E-state index contributed by atoms with van der Waals surface area (Å²) < 4.78 is 68.2. The summed E-state index contributed by atoms with van der Waals surface area (Å²) in [7, 11) is -9.97. The first-order chi connectivity index (χ1) is 46.7. The summed E-state index contributed by atoms with van der Waals surface area (Å²) in [6, 6.07) is 0. The monoisotopic (exact) mass is 1390 g/mol. The molecule has 0 amide bonds. The van der Waals surface area contributed by atoms with Gasteiger partial charge in [0.25, 0.3) is 0 Å². The van der Waals surface area contributed by atoms with E-state index in [2.05, 4.69) is 113 Å². The number of carbonyl (C=O) groups excluding carboxylic acids is 4. The van der Waals surface area contributed by atoms with E-state index in [-0.39, 0.29) is 25.7 Å². The second kappa shape index (κ2) is 69.2. The molecule has 17 nitrogen and oxygen atoms in total. The van der Waals surface area contributed by atoms with Crippen LogP contribution in [-0.4, -0.2) is 96.7 Å². The Morgan fingerprint density at radius 2 is 0.604 bits per heavy atom. The molecule has 0 aromatic rings. The summed E-state index contributed by atoms with van der Waals surface area (Å²) in [5.74, 6) is -2.35. The molecule has 0 saturated heterocycles. The molecule has 0 fully saturated rings. The van der Waals surface area contributed by atoms with E-state index < -0.39 is 97.5 Å².